The first-order valence-electron chi connectivity index (χ1n) is 7.82. The molecule has 1 aliphatic rings. The molecule has 25 heavy (non-hydrogen) atoms. The summed E-state index contributed by atoms with van der Waals surface area (Å²) in [6.07, 6.45) is 0. The molecule has 0 saturated heterocycles. The molecule has 122 valence electrons. The van der Waals surface area contributed by atoms with Crippen LogP contribution in [0.15, 0.2) is 66.7 Å². The largest absolute Gasteiger partial charge is 0.493 e. The van der Waals surface area contributed by atoms with Crippen LogP contribution in [0.2, 0.25) is 0 Å². The van der Waals surface area contributed by atoms with Crippen LogP contribution >= 0.6 is 0 Å². The highest BCUT2D eigenvalue weighted by Crippen LogP contribution is 2.37. The van der Waals surface area contributed by atoms with Gasteiger partial charge >= 0.3 is 5.97 Å². The van der Waals surface area contributed by atoms with Crippen molar-refractivity contribution in [2.75, 3.05) is 7.11 Å². The van der Waals surface area contributed by atoms with Crippen LogP contribution in [0.5, 0.6) is 11.5 Å². The smallest absolute Gasteiger partial charge is 0.343 e. The fourth-order valence-corrected chi connectivity index (χ4v) is 3.02. The molecule has 0 aromatic heterocycles. The second-order valence-electron chi connectivity index (χ2n) is 5.68. The number of ketones is 1. The van der Waals surface area contributed by atoms with Crippen LogP contribution in [-0.4, -0.2) is 18.9 Å². The average Bonchev–Trinajstić information content (AvgIpc) is 2.94. The molecular formula is C21H14O4. The number of fused-ring (bicyclic) bond motifs is 3. The summed E-state index contributed by atoms with van der Waals surface area (Å²) in [6.45, 7) is 0. The van der Waals surface area contributed by atoms with Crippen molar-refractivity contribution >= 4 is 11.8 Å². The lowest BCUT2D eigenvalue weighted by molar-refractivity contribution is 0.0729. The van der Waals surface area contributed by atoms with Gasteiger partial charge in [0.05, 0.1) is 12.7 Å². The molecule has 4 rings (SSSR count). The number of esters is 1. The van der Waals surface area contributed by atoms with Crippen LogP contribution in [-0.2, 0) is 0 Å². The Balaban J connectivity index is 1.67. The molecule has 4 nitrogen and oxygen atoms in total. The fourth-order valence-electron chi connectivity index (χ4n) is 3.02. The number of carbonyl (C=O) groups excluding carboxylic acids is 2. The van der Waals surface area contributed by atoms with Crippen molar-refractivity contribution in [3.8, 4) is 22.6 Å². The predicted octanol–water partition coefficient (Wildman–Crippen LogP) is 4.13. The van der Waals surface area contributed by atoms with E-state index in [4.69, 9.17) is 9.47 Å². The van der Waals surface area contributed by atoms with Crippen LogP contribution in [0.3, 0.4) is 0 Å². The van der Waals surface area contributed by atoms with Crippen molar-refractivity contribution in [1.29, 1.82) is 0 Å². The van der Waals surface area contributed by atoms with Crippen LogP contribution in [0, 0.1) is 0 Å². The predicted molar refractivity (Wildman–Crippen MR) is 93.3 cm³/mol. The molecule has 0 fully saturated rings. The molecule has 0 N–H and O–H groups in total. The molecule has 3 aromatic rings. The fraction of sp³-hybridized carbons (Fsp3) is 0.0476. The number of benzene rings is 3. The van der Waals surface area contributed by atoms with E-state index in [1.165, 1.54) is 7.11 Å². The Morgan fingerprint density at radius 3 is 2.16 bits per heavy atom. The van der Waals surface area contributed by atoms with Gasteiger partial charge in [0.1, 0.15) is 0 Å². The van der Waals surface area contributed by atoms with Gasteiger partial charge in [0.2, 0.25) is 0 Å². The molecule has 0 radical (unpaired) electrons. The van der Waals surface area contributed by atoms with Gasteiger partial charge < -0.3 is 9.47 Å². The molecule has 0 amide bonds. The zero-order valence-electron chi connectivity index (χ0n) is 13.5. The molecule has 0 unspecified atom stereocenters. The molecule has 0 atom stereocenters. The standard InChI is InChI=1S/C21H14O4/c1-24-18-8-4-5-9-19(18)25-21(23)13-10-11-15-14-6-2-3-7-16(14)20(22)17(15)12-13/h2-12H,1H3. The third-order valence-corrected chi connectivity index (χ3v) is 4.23. The van der Waals surface area contributed by atoms with Crippen molar-refractivity contribution in [1.82, 2.24) is 0 Å². The first-order chi connectivity index (χ1) is 12.2. The van der Waals surface area contributed by atoms with Gasteiger partial charge in [0.15, 0.2) is 17.3 Å². The number of hydrogen-bond acceptors (Lipinski definition) is 4. The van der Waals surface area contributed by atoms with Gasteiger partial charge in [-0.1, -0.05) is 42.5 Å². The third-order valence-electron chi connectivity index (χ3n) is 4.23. The molecular weight excluding hydrogens is 316 g/mol. The van der Waals surface area contributed by atoms with Gasteiger partial charge in [-0.3, -0.25) is 4.79 Å². The molecule has 0 aliphatic heterocycles. The van der Waals surface area contributed by atoms with Crippen molar-refractivity contribution in [2.45, 2.75) is 0 Å². The summed E-state index contributed by atoms with van der Waals surface area (Å²) >= 11 is 0. The van der Waals surface area contributed by atoms with E-state index in [1.807, 2.05) is 18.2 Å². The number of hydrogen-bond donors (Lipinski definition) is 0. The minimum absolute atomic E-state index is 0.0717. The van der Waals surface area contributed by atoms with Gasteiger partial charge in [0, 0.05) is 11.1 Å². The van der Waals surface area contributed by atoms with Crippen molar-refractivity contribution in [3.05, 3.63) is 83.4 Å². The number of para-hydroxylation sites is 2. The SMILES string of the molecule is COc1ccccc1OC(=O)c1ccc2c(c1)C(=O)c1ccccc1-2. The Kier molecular flexibility index (Phi) is 3.58. The zero-order chi connectivity index (χ0) is 17.4. The molecule has 0 saturated carbocycles. The van der Waals surface area contributed by atoms with Gasteiger partial charge in [-0.25, -0.2) is 4.79 Å². The number of methoxy groups -OCH3 is 1. The summed E-state index contributed by atoms with van der Waals surface area (Å²) < 4.78 is 10.6. The molecule has 1 aliphatic carbocycles. The second-order valence-corrected chi connectivity index (χ2v) is 5.68. The lowest BCUT2D eigenvalue weighted by Crippen LogP contribution is -2.10. The van der Waals surface area contributed by atoms with Gasteiger partial charge in [-0.05, 0) is 35.4 Å². The Morgan fingerprint density at radius 2 is 1.40 bits per heavy atom. The maximum Gasteiger partial charge on any atom is 0.343 e. The van der Waals surface area contributed by atoms with Crippen LogP contribution in [0.4, 0.5) is 0 Å². The Labute approximate surface area is 144 Å². The van der Waals surface area contributed by atoms with E-state index in [9.17, 15) is 9.59 Å². The summed E-state index contributed by atoms with van der Waals surface area (Å²) in [5.41, 5.74) is 3.25. The van der Waals surface area contributed by atoms with Crippen LogP contribution in [0.25, 0.3) is 11.1 Å². The molecule has 0 heterocycles. The molecule has 3 aromatic carbocycles. The molecule has 4 heteroatoms. The Bertz CT molecular complexity index is 1000. The summed E-state index contributed by atoms with van der Waals surface area (Å²) in [6, 6.07) is 19.4. The van der Waals surface area contributed by atoms with Crippen LogP contribution < -0.4 is 9.47 Å². The molecule has 0 bridgehead atoms. The van der Waals surface area contributed by atoms with Crippen molar-refractivity contribution in [2.24, 2.45) is 0 Å². The highest BCUT2D eigenvalue weighted by Gasteiger charge is 2.27. The third kappa shape index (κ3) is 2.48. The van der Waals surface area contributed by atoms with Crippen LogP contribution in [0.1, 0.15) is 26.3 Å². The normalized spacial score (nSPS) is 11.6. The monoisotopic (exact) mass is 330 g/mol. The van der Waals surface area contributed by atoms with Gasteiger partial charge in [-0.15, -0.1) is 0 Å². The lowest BCUT2D eigenvalue weighted by atomic mass is 10.0. The number of carbonyl (C=O) groups is 2. The minimum atomic E-state index is -0.531. The minimum Gasteiger partial charge on any atom is -0.493 e. The zero-order valence-corrected chi connectivity index (χ0v) is 13.5. The summed E-state index contributed by atoms with van der Waals surface area (Å²) in [5, 5.41) is 0. The highest BCUT2D eigenvalue weighted by atomic mass is 16.6. The van der Waals surface area contributed by atoms with E-state index in [-0.39, 0.29) is 5.78 Å². The summed E-state index contributed by atoms with van der Waals surface area (Å²) in [5.74, 6) is 0.208. The maximum atomic E-state index is 12.5. The summed E-state index contributed by atoms with van der Waals surface area (Å²) in [4.78, 5) is 25.0. The maximum absolute atomic E-state index is 12.5. The van der Waals surface area contributed by atoms with Gasteiger partial charge in [-0.2, -0.15) is 0 Å². The Morgan fingerprint density at radius 1 is 0.760 bits per heavy atom. The van der Waals surface area contributed by atoms with E-state index < -0.39 is 5.97 Å². The van der Waals surface area contributed by atoms with Crippen molar-refractivity contribution < 1.29 is 19.1 Å². The van der Waals surface area contributed by atoms with E-state index in [0.29, 0.717) is 28.2 Å². The average molecular weight is 330 g/mol. The highest BCUT2D eigenvalue weighted by molar-refractivity contribution is 6.22. The number of ether oxygens (including phenoxy) is 2. The quantitative estimate of drug-likeness (QED) is 0.419. The first-order valence-corrected chi connectivity index (χ1v) is 7.82. The number of rotatable bonds is 3. The summed E-state index contributed by atoms with van der Waals surface area (Å²) in [7, 11) is 1.51. The lowest BCUT2D eigenvalue weighted by Gasteiger charge is -2.09. The van der Waals surface area contributed by atoms with E-state index in [1.54, 1.807) is 48.5 Å². The second kappa shape index (κ2) is 5.91. The van der Waals surface area contributed by atoms with E-state index in [2.05, 4.69) is 0 Å². The topological polar surface area (TPSA) is 52.6 Å². The van der Waals surface area contributed by atoms with E-state index in [0.717, 1.165) is 11.1 Å². The molecule has 0 spiro atoms. The van der Waals surface area contributed by atoms with Gasteiger partial charge in [0.25, 0.3) is 0 Å². The van der Waals surface area contributed by atoms with Crippen molar-refractivity contribution in [3.63, 3.8) is 0 Å². The first kappa shape index (κ1) is 15.1. The Hall–Kier alpha value is -3.40. The van der Waals surface area contributed by atoms with E-state index >= 15 is 0 Å².